The lowest BCUT2D eigenvalue weighted by Gasteiger charge is -2.21. The number of nitrogens with one attached hydrogen (secondary N) is 1. The maximum atomic E-state index is 2.42. The summed E-state index contributed by atoms with van der Waals surface area (Å²) in [5.74, 6) is 1.25. The van der Waals surface area contributed by atoms with Crippen molar-refractivity contribution in [1.29, 1.82) is 0 Å². The Hall–Kier alpha value is -0.510. The predicted molar refractivity (Wildman–Crippen MR) is 64.4 cm³/mol. The van der Waals surface area contributed by atoms with Crippen LogP contribution in [0.3, 0.4) is 0 Å². The molecule has 0 aliphatic carbocycles. The smallest absolute Gasteiger partial charge is 0.127 e. The van der Waals surface area contributed by atoms with E-state index in [9.17, 15) is 0 Å². The Balaban J connectivity index is 1.66. The van der Waals surface area contributed by atoms with Gasteiger partial charge in [0.1, 0.15) is 26.2 Å². The Morgan fingerprint density at radius 2 is 1.87 bits per heavy atom. The SMILES string of the molecule is c1ccc(SCC[NH+]2CC[NH2+]CC2)cc1. The van der Waals surface area contributed by atoms with Gasteiger partial charge in [-0.15, -0.1) is 11.8 Å². The summed E-state index contributed by atoms with van der Waals surface area (Å²) in [5.41, 5.74) is 0. The highest BCUT2D eigenvalue weighted by molar-refractivity contribution is 7.99. The second kappa shape index (κ2) is 6.16. The zero-order chi connectivity index (χ0) is 10.3. The lowest BCUT2D eigenvalue weighted by Crippen LogP contribution is -3.20. The van der Waals surface area contributed by atoms with Crippen LogP contribution in [-0.2, 0) is 0 Å². The fourth-order valence-electron chi connectivity index (χ4n) is 1.96. The van der Waals surface area contributed by atoms with E-state index in [0.717, 1.165) is 0 Å². The van der Waals surface area contributed by atoms with Crippen LogP contribution in [0.15, 0.2) is 35.2 Å². The Morgan fingerprint density at radius 1 is 1.13 bits per heavy atom. The van der Waals surface area contributed by atoms with E-state index in [2.05, 4.69) is 35.6 Å². The number of benzene rings is 1. The summed E-state index contributed by atoms with van der Waals surface area (Å²) in [6.45, 7) is 6.62. The van der Waals surface area contributed by atoms with Gasteiger partial charge in [-0.25, -0.2) is 0 Å². The summed E-state index contributed by atoms with van der Waals surface area (Å²) in [5, 5.41) is 2.42. The van der Waals surface area contributed by atoms with E-state index in [1.54, 1.807) is 4.90 Å². The maximum Gasteiger partial charge on any atom is 0.127 e. The lowest BCUT2D eigenvalue weighted by atomic mass is 10.4. The molecule has 0 unspecified atom stereocenters. The molecule has 15 heavy (non-hydrogen) atoms. The maximum absolute atomic E-state index is 2.42. The van der Waals surface area contributed by atoms with Crippen molar-refractivity contribution < 1.29 is 10.2 Å². The van der Waals surface area contributed by atoms with Crippen LogP contribution >= 0.6 is 11.8 Å². The van der Waals surface area contributed by atoms with Gasteiger partial charge in [-0.1, -0.05) is 18.2 Å². The van der Waals surface area contributed by atoms with E-state index in [1.165, 1.54) is 43.4 Å². The molecule has 1 aromatic carbocycles. The van der Waals surface area contributed by atoms with Crippen LogP contribution in [0.25, 0.3) is 0 Å². The van der Waals surface area contributed by atoms with Gasteiger partial charge in [-0.2, -0.15) is 0 Å². The number of piperazine rings is 1. The average molecular weight is 224 g/mol. The summed E-state index contributed by atoms with van der Waals surface area (Å²) in [6, 6.07) is 10.7. The van der Waals surface area contributed by atoms with E-state index in [1.807, 2.05) is 11.8 Å². The summed E-state index contributed by atoms with van der Waals surface area (Å²) >= 11 is 1.98. The van der Waals surface area contributed by atoms with Gasteiger partial charge in [0.2, 0.25) is 0 Å². The fraction of sp³-hybridized carbons (Fsp3) is 0.500. The largest absolute Gasteiger partial charge is 0.337 e. The van der Waals surface area contributed by atoms with Crippen LogP contribution in [0.5, 0.6) is 0 Å². The highest BCUT2D eigenvalue weighted by atomic mass is 32.2. The van der Waals surface area contributed by atoms with Crippen molar-refractivity contribution in [2.75, 3.05) is 38.5 Å². The molecule has 1 saturated heterocycles. The molecule has 1 aliphatic heterocycles. The first-order chi connectivity index (χ1) is 7.45. The van der Waals surface area contributed by atoms with E-state index in [4.69, 9.17) is 0 Å². The number of rotatable bonds is 4. The van der Waals surface area contributed by atoms with Crippen molar-refractivity contribution in [3.63, 3.8) is 0 Å². The van der Waals surface area contributed by atoms with Crippen molar-refractivity contribution in [2.24, 2.45) is 0 Å². The first kappa shape index (κ1) is 11.0. The van der Waals surface area contributed by atoms with Gasteiger partial charge in [0.15, 0.2) is 0 Å². The highest BCUT2D eigenvalue weighted by Gasteiger charge is 2.14. The van der Waals surface area contributed by atoms with Gasteiger partial charge in [-0.05, 0) is 12.1 Å². The van der Waals surface area contributed by atoms with Crippen molar-refractivity contribution in [1.82, 2.24) is 0 Å². The van der Waals surface area contributed by atoms with E-state index >= 15 is 0 Å². The lowest BCUT2D eigenvalue weighted by molar-refractivity contribution is -0.944. The molecule has 1 heterocycles. The average Bonchev–Trinajstić information content (AvgIpc) is 2.32. The molecule has 0 bridgehead atoms. The van der Waals surface area contributed by atoms with Crippen LogP contribution in [-0.4, -0.2) is 38.5 Å². The van der Waals surface area contributed by atoms with Gasteiger partial charge >= 0.3 is 0 Å². The molecule has 0 saturated carbocycles. The molecule has 0 aromatic heterocycles. The third-order valence-electron chi connectivity index (χ3n) is 2.87. The molecule has 1 aromatic rings. The van der Waals surface area contributed by atoms with Crippen LogP contribution in [0.4, 0.5) is 0 Å². The van der Waals surface area contributed by atoms with Crippen LogP contribution in [0.2, 0.25) is 0 Å². The first-order valence-electron chi connectivity index (χ1n) is 5.78. The van der Waals surface area contributed by atoms with E-state index in [0.29, 0.717) is 0 Å². The van der Waals surface area contributed by atoms with Crippen LogP contribution in [0, 0.1) is 0 Å². The molecule has 1 fully saturated rings. The number of thioether (sulfide) groups is 1. The molecule has 0 atom stereocenters. The minimum atomic E-state index is 1.25. The minimum absolute atomic E-state index is 1.25. The number of hydrogen-bond donors (Lipinski definition) is 2. The Kier molecular flexibility index (Phi) is 4.51. The summed E-state index contributed by atoms with van der Waals surface area (Å²) in [4.78, 5) is 3.18. The molecule has 1 aliphatic rings. The molecule has 0 radical (unpaired) electrons. The second-order valence-corrected chi connectivity index (χ2v) is 5.20. The summed E-state index contributed by atoms with van der Waals surface area (Å²) in [6.07, 6.45) is 0. The van der Waals surface area contributed by atoms with Crippen molar-refractivity contribution in [2.45, 2.75) is 4.90 Å². The standard InChI is InChI=1S/C12H18N2S/c1-2-4-12(5-3-1)15-11-10-14-8-6-13-7-9-14/h1-5,13H,6-11H2/p+2. The molecular weight excluding hydrogens is 204 g/mol. The summed E-state index contributed by atoms with van der Waals surface area (Å²) in [7, 11) is 0. The molecule has 82 valence electrons. The van der Waals surface area contributed by atoms with Crippen molar-refractivity contribution in [3.8, 4) is 0 Å². The Morgan fingerprint density at radius 3 is 2.60 bits per heavy atom. The predicted octanol–water partition coefficient (Wildman–Crippen LogP) is -0.759. The number of nitrogens with two attached hydrogens (primary N) is 1. The molecule has 3 N–H and O–H groups in total. The van der Waals surface area contributed by atoms with E-state index < -0.39 is 0 Å². The molecule has 3 heteroatoms. The fourth-order valence-corrected chi connectivity index (χ4v) is 2.94. The monoisotopic (exact) mass is 224 g/mol. The normalized spacial score (nSPS) is 17.9. The minimum Gasteiger partial charge on any atom is -0.337 e. The summed E-state index contributed by atoms with van der Waals surface area (Å²) < 4.78 is 0. The first-order valence-corrected chi connectivity index (χ1v) is 6.77. The number of hydrogen-bond acceptors (Lipinski definition) is 1. The molecule has 0 spiro atoms. The second-order valence-electron chi connectivity index (χ2n) is 4.03. The molecule has 2 nitrogen and oxygen atoms in total. The van der Waals surface area contributed by atoms with Gasteiger partial charge in [0, 0.05) is 10.6 Å². The quantitative estimate of drug-likeness (QED) is 0.645. The molecular formula is C12H20N2S+2. The Labute approximate surface area is 96.0 Å². The van der Waals surface area contributed by atoms with Gasteiger partial charge in [0.25, 0.3) is 0 Å². The highest BCUT2D eigenvalue weighted by Crippen LogP contribution is 2.15. The van der Waals surface area contributed by atoms with E-state index in [-0.39, 0.29) is 0 Å². The Bertz CT molecular complexity index is 270. The number of quaternary nitrogens is 2. The third-order valence-corrected chi connectivity index (χ3v) is 3.89. The van der Waals surface area contributed by atoms with Crippen LogP contribution in [0.1, 0.15) is 0 Å². The topological polar surface area (TPSA) is 21.1 Å². The van der Waals surface area contributed by atoms with Crippen molar-refractivity contribution >= 4 is 11.8 Å². The molecule has 2 rings (SSSR count). The van der Waals surface area contributed by atoms with Gasteiger partial charge in [-0.3, -0.25) is 0 Å². The van der Waals surface area contributed by atoms with Gasteiger partial charge < -0.3 is 10.2 Å². The zero-order valence-corrected chi connectivity index (χ0v) is 9.93. The van der Waals surface area contributed by atoms with Crippen LogP contribution < -0.4 is 10.2 Å². The molecule has 0 amide bonds. The van der Waals surface area contributed by atoms with Crippen molar-refractivity contribution in [3.05, 3.63) is 30.3 Å². The van der Waals surface area contributed by atoms with Gasteiger partial charge in [0.05, 0.1) is 6.54 Å². The third kappa shape index (κ3) is 3.86. The zero-order valence-electron chi connectivity index (χ0n) is 9.11.